The van der Waals surface area contributed by atoms with E-state index in [-0.39, 0.29) is 33.9 Å². The summed E-state index contributed by atoms with van der Waals surface area (Å²) in [5.74, 6) is -1.84. The largest absolute Gasteiger partial charge is 0.423 e. The molecule has 0 fully saturated rings. The van der Waals surface area contributed by atoms with Gasteiger partial charge in [-0.15, -0.1) is 0 Å². The summed E-state index contributed by atoms with van der Waals surface area (Å²) in [6.45, 7) is 5.51. The summed E-state index contributed by atoms with van der Waals surface area (Å²) in [4.78, 5) is 42.2. The second-order valence-corrected chi connectivity index (χ2v) is 20.4. The van der Waals surface area contributed by atoms with Gasteiger partial charge < -0.3 is 14.2 Å². The van der Waals surface area contributed by atoms with Gasteiger partial charge in [-0.2, -0.15) is 30.7 Å². The lowest BCUT2D eigenvalue weighted by molar-refractivity contribution is 0.0734. The molecule has 0 aromatic heterocycles. The molecule has 12 heteroatoms. The van der Waals surface area contributed by atoms with E-state index in [1.807, 2.05) is 57.2 Å². The van der Waals surface area contributed by atoms with Crippen molar-refractivity contribution in [2.45, 2.75) is 40.0 Å². The number of esters is 3. The van der Waals surface area contributed by atoms with Crippen molar-refractivity contribution in [3.63, 3.8) is 0 Å². The number of carbonyl (C=O) groups is 3. The second kappa shape index (κ2) is 21.0. The average Bonchev–Trinajstić information content (AvgIpc) is 4.26. The monoisotopic (exact) mass is 1060 g/mol. The van der Waals surface area contributed by atoms with Gasteiger partial charge in [-0.25, -0.2) is 14.4 Å². The van der Waals surface area contributed by atoms with E-state index < -0.39 is 17.9 Å². The summed E-state index contributed by atoms with van der Waals surface area (Å²) in [7, 11) is 0. The van der Waals surface area contributed by atoms with Gasteiger partial charge in [-0.05, 0) is 233 Å². The highest BCUT2D eigenvalue weighted by atomic mass is 16.5. The molecule has 3 aliphatic rings. The molecule has 390 valence electrons. The van der Waals surface area contributed by atoms with Crippen LogP contribution in [0.4, 0.5) is 34.1 Å². The molecule has 81 heavy (non-hydrogen) atoms. The Bertz CT molecular complexity index is 3920. The molecule has 0 amide bonds. The summed E-state index contributed by atoms with van der Waals surface area (Å²) >= 11 is 0. The molecule has 13 rings (SSSR count). The van der Waals surface area contributed by atoms with Crippen LogP contribution in [0.3, 0.4) is 0 Å². The number of fused-ring (bicyclic) bond motifs is 9. The summed E-state index contributed by atoms with van der Waals surface area (Å²) in [6, 6.07) is 62.3. The fourth-order valence-electron chi connectivity index (χ4n) is 10.8. The van der Waals surface area contributed by atoms with Crippen LogP contribution in [0.15, 0.2) is 231 Å². The van der Waals surface area contributed by atoms with Crippen LogP contribution in [0.25, 0.3) is 33.4 Å². The predicted molar refractivity (Wildman–Crippen MR) is 311 cm³/mol. The van der Waals surface area contributed by atoms with Gasteiger partial charge in [0.25, 0.3) is 0 Å². The minimum atomic E-state index is -0.830. The number of ether oxygens (including phenoxy) is 3. The van der Waals surface area contributed by atoms with Crippen LogP contribution >= 0.6 is 0 Å². The van der Waals surface area contributed by atoms with E-state index in [4.69, 9.17) is 14.2 Å². The number of aryl methyl sites for hydroxylation is 3. The first-order valence-corrected chi connectivity index (χ1v) is 26.5. The minimum absolute atomic E-state index is 0.0960. The lowest BCUT2D eigenvalue weighted by atomic mass is 10.1. The number of carbonyl (C=O) groups excluding carboxylic acids is 3. The molecule has 0 radical (unpaired) electrons. The van der Waals surface area contributed by atoms with Crippen molar-refractivity contribution in [3.8, 4) is 50.6 Å². The Labute approximate surface area is 466 Å². The fourth-order valence-corrected chi connectivity index (χ4v) is 10.8. The molecule has 0 spiro atoms. The first-order chi connectivity index (χ1) is 39.5. The third-order valence-corrected chi connectivity index (χ3v) is 14.9. The van der Waals surface area contributed by atoms with Crippen molar-refractivity contribution in [3.05, 3.63) is 267 Å². The molecule has 3 aliphatic carbocycles. The zero-order chi connectivity index (χ0) is 55.1. The van der Waals surface area contributed by atoms with Crippen LogP contribution in [-0.4, -0.2) is 17.9 Å². The number of benzene rings is 10. The third kappa shape index (κ3) is 10.3. The Morgan fingerprint density at radius 3 is 0.877 bits per heavy atom. The van der Waals surface area contributed by atoms with Crippen LogP contribution < -0.4 is 14.2 Å². The highest BCUT2D eigenvalue weighted by Crippen LogP contribution is 2.42. The Hall–Kier alpha value is -10.6. The summed E-state index contributed by atoms with van der Waals surface area (Å²) in [5, 5.41) is 27.1. The van der Waals surface area contributed by atoms with E-state index in [0.717, 1.165) is 36.3 Å². The lowest BCUT2D eigenvalue weighted by Crippen LogP contribution is -2.17. The van der Waals surface area contributed by atoms with E-state index >= 15 is 0 Å². The van der Waals surface area contributed by atoms with E-state index in [9.17, 15) is 14.4 Å². The van der Waals surface area contributed by atoms with Gasteiger partial charge in [0.05, 0.1) is 50.8 Å². The van der Waals surface area contributed by atoms with Crippen molar-refractivity contribution in [2.24, 2.45) is 30.7 Å². The quantitative estimate of drug-likeness (QED) is 0.0674. The molecule has 10 aromatic carbocycles. The number of hydrogen-bond donors (Lipinski definition) is 0. The lowest BCUT2D eigenvalue weighted by Gasteiger charge is -2.12. The van der Waals surface area contributed by atoms with Crippen LogP contribution in [0, 0.1) is 20.8 Å². The van der Waals surface area contributed by atoms with Gasteiger partial charge in [0.15, 0.2) is 0 Å². The van der Waals surface area contributed by atoms with Gasteiger partial charge in [0, 0.05) is 0 Å². The van der Waals surface area contributed by atoms with Crippen LogP contribution in [0.2, 0.25) is 0 Å². The highest BCUT2D eigenvalue weighted by Gasteiger charge is 2.24. The van der Waals surface area contributed by atoms with Crippen molar-refractivity contribution in [1.29, 1.82) is 0 Å². The van der Waals surface area contributed by atoms with E-state index in [0.29, 0.717) is 33.8 Å². The third-order valence-electron chi connectivity index (χ3n) is 14.9. The fraction of sp³-hybridized carbons (Fsp3) is 0.0870. The predicted octanol–water partition coefficient (Wildman–Crippen LogP) is 18.2. The Balaban J connectivity index is 0.724. The van der Waals surface area contributed by atoms with Crippen molar-refractivity contribution >= 4 is 52.0 Å². The highest BCUT2D eigenvalue weighted by molar-refractivity contribution is 6.02. The van der Waals surface area contributed by atoms with Gasteiger partial charge in [-0.1, -0.05) is 91.0 Å². The molecule has 0 bridgehead atoms. The molecule has 0 N–H and O–H groups in total. The maximum absolute atomic E-state index is 14.1. The average molecular weight is 1060 g/mol. The first kappa shape index (κ1) is 49.9. The van der Waals surface area contributed by atoms with E-state index in [2.05, 4.69) is 122 Å². The minimum Gasteiger partial charge on any atom is -0.423 e. The number of nitrogens with zero attached hydrogens (tertiary/aromatic N) is 6. The molecule has 0 atom stereocenters. The zero-order valence-electron chi connectivity index (χ0n) is 44.3. The molecule has 0 unspecified atom stereocenters. The van der Waals surface area contributed by atoms with Gasteiger partial charge in [-0.3, -0.25) is 0 Å². The van der Waals surface area contributed by atoms with Gasteiger partial charge in [0.2, 0.25) is 0 Å². The first-order valence-electron chi connectivity index (χ1n) is 26.5. The van der Waals surface area contributed by atoms with Crippen molar-refractivity contribution in [1.82, 2.24) is 0 Å². The Kier molecular flexibility index (Phi) is 12.9. The van der Waals surface area contributed by atoms with E-state index in [1.54, 1.807) is 54.6 Å². The van der Waals surface area contributed by atoms with Crippen molar-refractivity contribution < 1.29 is 28.6 Å². The Morgan fingerprint density at radius 2 is 0.580 bits per heavy atom. The van der Waals surface area contributed by atoms with Crippen molar-refractivity contribution in [2.75, 3.05) is 0 Å². The second-order valence-electron chi connectivity index (χ2n) is 20.4. The normalized spacial score (nSPS) is 12.5. The topological polar surface area (TPSA) is 153 Å². The Morgan fingerprint density at radius 1 is 0.296 bits per heavy atom. The maximum atomic E-state index is 14.1. The van der Waals surface area contributed by atoms with Gasteiger partial charge >= 0.3 is 17.9 Å². The number of hydrogen-bond acceptors (Lipinski definition) is 12. The van der Waals surface area contributed by atoms with Crippen LogP contribution in [0.5, 0.6) is 17.2 Å². The van der Waals surface area contributed by atoms with Crippen LogP contribution in [0.1, 0.15) is 81.1 Å². The molecular formula is C69H48N6O6. The zero-order valence-corrected chi connectivity index (χ0v) is 44.3. The SMILES string of the molecule is Cc1cc(OC(=O)c2cc(C(=O)Oc3ccc(/N=N/c4ccc5c(c4)Cc4ccccc4-5)c(C)c3)cc(C(=O)Oc3ccc(/N=N/c4ccc5c(c4)Cc4ccccc4-5)c(C)c3)c2)ccc1/N=N/c1ccc2c(c1)Cc1ccccc1-2. The molecule has 0 saturated carbocycles. The van der Waals surface area contributed by atoms with Gasteiger partial charge in [0.1, 0.15) is 17.2 Å². The van der Waals surface area contributed by atoms with E-state index in [1.165, 1.54) is 85.0 Å². The standard InChI is InChI=1S/C69H48N6O6/c1-40-28-55(19-25-64(40)73-70-52-16-22-61-46(37-52)31-43-10-4-7-13-58(43)61)79-67(76)49-34-50(68(77)80-56-20-26-65(41(2)29-56)74-71-53-17-23-62-47(38-53)32-44-11-5-8-14-59(44)62)36-51(35-49)69(78)81-57-21-27-66(42(3)30-57)75-72-54-18-24-63-48(39-54)33-45-12-6-9-15-60(45)63/h4-30,34-39H,31-33H2,1-3H3/b73-70+,74-71+,75-72+. The maximum Gasteiger partial charge on any atom is 0.343 e. The summed E-state index contributed by atoms with van der Waals surface area (Å²) in [6.07, 6.45) is 2.52. The number of rotatable bonds is 12. The smallest absolute Gasteiger partial charge is 0.343 e. The van der Waals surface area contributed by atoms with Crippen LogP contribution in [-0.2, 0) is 19.3 Å². The molecule has 10 aromatic rings. The number of azo groups is 3. The molecule has 0 saturated heterocycles. The summed E-state index contributed by atoms with van der Waals surface area (Å²) < 4.78 is 17.6. The summed E-state index contributed by atoms with van der Waals surface area (Å²) in [5.41, 5.74) is 20.5. The molecule has 0 aliphatic heterocycles. The molecule has 12 nitrogen and oxygen atoms in total. The molecular weight excluding hydrogens is 1010 g/mol. The molecule has 0 heterocycles.